The Morgan fingerprint density at radius 1 is 1.12 bits per heavy atom. The van der Waals surface area contributed by atoms with Crippen LogP contribution in [0.4, 0.5) is 0 Å². The van der Waals surface area contributed by atoms with Gasteiger partial charge in [-0.15, -0.1) is 0 Å². The number of fused-ring (bicyclic) bond motifs is 1. The zero-order chi connectivity index (χ0) is 18.1. The van der Waals surface area contributed by atoms with Gasteiger partial charge in [-0.3, -0.25) is 0 Å². The summed E-state index contributed by atoms with van der Waals surface area (Å²) in [5.74, 6) is -0.0558. The number of hydrogen-bond donors (Lipinski definition) is 1. The Kier molecular flexibility index (Phi) is 4.86. The highest BCUT2D eigenvalue weighted by atomic mass is 32.2. The number of hydrogen-bond acceptors (Lipinski definition) is 6. The van der Waals surface area contributed by atoms with Crippen molar-refractivity contribution in [3.63, 3.8) is 0 Å². The maximum absolute atomic E-state index is 12.9. The number of ether oxygens (including phenoxy) is 1. The van der Waals surface area contributed by atoms with E-state index < -0.39 is 30.7 Å². The Labute approximate surface area is 147 Å². The van der Waals surface area contributed by atoms with E-state index in [0.717, 1.165) is 0 Å². The number of sulfone groups is 2. The minimum absolute atomic E-state index is 0.0299. The van der Waals surface area contributed by atoms with E-state index in [1.54, 1.807) is 24.3 Å². The summed E-state index contributed by atoms with van der Waals surface area (Å²) in [7, 11) is -7.48. The molecule has 3 rings (SSSR count). The van der Waals surface area contributed by atoms with Crippen molar-refractivity contribution in [1.29, 1.82) is 0 Å². The van der Waals surface area contributed by atoms with Crippen molar-refractivity contribution in [2.45, 2.75) is 21.5 Å². The molecule has 0 saturated heterocycles. The van der Waals surface area contributed by atoms with Crippen LogP contribution in [0.3, 0.4) is 0 Å². The molecule has 0 amide bonds. The third-order valence-electron chi connectivity index (χ3n) is 4.10. The summed E-state index contributed by atoms with van der Waals surface area (Å²) < 4.78 is 56.2. The summed E-state index contributed by atoms with van der Waals surface area (Å²) in [6.07, 6.45) is 0.648. The van der Waals surface area contributed by atoms with Gasteiger partial charge in [0.2, 0.25) is 0 Å². The van der Waals surface area contributed by atoms with E-state index in [0.29, 0.717) is 30.9 Å². The Balaban J connectivity index is 2.00. The van der Waals surface area contributed by atoms with E-state index in [2.05, 4.69) is 0 Å². The van der Waals surface area contributed by atoms with Crippen molar-refractivity contribution < 1.29 is 21.6 Å². The SMILES string of the molecule is NCCCOc1ccc2c(c1)S(=O)(=O)CC2S(=O)(=O)c1ccccc1. The van der Waals surface area contributed by atoms with Gasteiger partial charge in [-0.05, 0) is 42.8 Å². The molecular weight excluding hydrogens is 362 g/mol. The van der Waals surface area contributed by atoms with Gasteiger partial charge in [0.05, 0.1) is 22.2 Å². The molecule has 0 fully saturated rings. The third kappa shape index (κ3) is 3.42. The molecule has 1 aliphatic rings. The molecule has 134 valence electrons. The van der Waals surface area contributed by atoms with Crippen LogP contribution < -0.4 is 10.5 Å². The van der Waals surface area contributed by atoms with Crippen LogP contribution in [0.25, 0.3) is 0 Å². The molecule has 2 aromatic carbocycles. The van der Waals surface area contributed by atoms with E-state index in [1.165, 1.54) is 24.3 Å². The quantitative estimate of drug-likeness (QED) is 0.764. The molecule has 2 N–H and O–H groups in total. The van der Waals surface area contributed by atoms with E-state index >= 15 is 0 Å². The molecule has 0 aliphatic carbocycles. The summed E-state index contributed by atoms with van der Waals surface area (Å²) in [5, 5.41) is -1.10. The fourth-order valence-corrected chi connectivity index (χ4v) is 7.18. The molecule has 6 nitrogen and oxygen atoms in total. The third-order valence-corrected chi connectivity index (χ3v) is 8.21. The number of rotatable bonds is 6. The fraction of sp³-hybridized carbons (Fsp3) is 0.294. The highest BCUT2D eigenvalue weighted by Gasteiger charge is 2.43. The maximum atomic E-state index is 12.9. The van der Waals surface area contributed by atoms with E-state index in [9.17, 15) is 16.8 Å². The predicted octanol–water partition coefficient (Wildman–Crippen LogP) is 1.72. The van der Waals surface area contributed by atoms with E-state index in [1.807, 2.05) is 0 Å². The average Bonchev–Trinajstić information content (AvgIpc) is 2.88. The van der Waals surface area contributed by atoms with Gasteiger partial charge in [0.15, 0.2) is 19.7 Å². The summed E-state index contributed by atoms with van der Waals surface area (Å²) in [5.41, 5.74) is 5.71. The Morgan fingerprint density at radius 3 is 2.52 bits per heavy atom. The maximum Gasteiger partial charge on any atom is 0.186 e. The first-order valence-electron chi connectivity index (χ1n) is 7.85. The first kappa shape index (κ1) is 17.9. The largest absolute Gasteiger partial charge is 0.494 e. The van der Waals surface area contributed by atoms with Crippen LogP contribution in [-0.4, -0.2) is 35.7 Å². The topological polar surface area (TPSA) is 104 Å². The first-order valence-corrected chi connectivity index (χ1v) is 11.0. The van der Waals surface area contributed by atoms with Crippen molar-refractivity contribution in [2.75, 3.05) is 18.9 Å². The lowest BCUT2D eigenvalue weighted by Crippen LogP contribution is -2.15. The van der Waals surface area contributed by atoms with Gasteiger partial charge in [-0.1, -0.05) is 24.3 Å². The van der Waals surface area contributed by atoms with Gasteiger partial charge < -0.3 is 10.5 Å². The Morgan fingerprint density at radius 2 is 1.84 bits per heavy atom. The second-order valence-corrected chi connectivity index (χ2v) is 9.95. The van der Waals surface area contributed by atoms with Crippen molar-refractivity contribution in [3.05, 3.63) is 54.1 Å². The Hall–Kier alpha value is -1.90. The lowest BCUT2D eigenvalue weighted by atomic mass is 10.1. The van der Waals surface area contributed by atoms with E-state index in [-0.39, 0.29) is 9.79 Å². The molecule has 0 saturated carbocycles. The molecule has 1 aliphatic heterocycles. The van der Waals surface area contributed by atoms with Crippen LogP contribution in [0.1, 0.15) is 17.2 Å². The van der Waals surface area contributed by atoms with Crippen LogP contribution in [0.5, 0.6) is 5.75 Å². The van der Waals surface area contributed by atoms with Crippen molar-refractivity contribution >= 4 is 19.7 Å². The first-order chi connectivity index (χ1) is 11.9. The average molecular weight is 381 g/mol. The van der Waals surface area contributed by atoms with Gasteiger partial charge in [0.25, 0.3) is 0 Å². The molecular formula is C17H19NO5S2. The highest BCUT2D eigenvalue weighted by molar-refractivity contribution is 7.96. The molecule has 1 heterocycles. The summed E-state index contributed by atoms with van der Waals surface area (Å²) >= 11 is 0. The molecule has 0 aromatic heterocycles. The number of benzene rings is 2. The smallest absolute Gasteiger partial charge is 0.186 e. The second kappa shape index (κ2) is 6.78. The predicted molar refractivity (Wildman–Crippen MR) is 94.0 cm³/mol. The lowest BCUT2D eigenvalue weighted by Gasteiger charge is -2.12. The molecule has 2 aromatic rings. The van der Waals surface area contributed by atoms with Crippen molar-refractivity contribution in [3.8, 4) is 5.75 Å². The van der Waals surface area contributed by atoms with Crippen LogP contribution in [0.15, 0.2) is 58.3 Å². The van der Waals surface area contributed by atoms with Gasteiger partial charge in [0.1, 0.15) is 11.0 Å². The Bertz CT molecular complexity index is 969. The normalized spacial score (nSPS) is 18.7. The van der Waals surface area contributed by atoms with Gasteiger partial charge >= 0.3 is 0 Å². The summed E-state index contributed by atoms with van der Waals surface area (Å²) in [6.45, 7) is 0.849. The second-order valence-electron chi connectivity index (χ2n) is 5.82. The fourth-order valence-electron chi connectivity index (χ4n) is 2.82. The van der Waals surface area contributed by atoms with Crippen LogP contribution in [-0.2, 0) is 19.7 Å². The highest BCUT2D eigenvalue weighted by Crippen LogP contribution is 2.42. The van der Waals surface area contributed by atoms with E-state index in [4.69, 9.17) is 10.5 Å². The zero-order valence-electron chi connectivity index (χ0n) is 13.5. The molecule has 1 unspecified atom stereocenters. The minimum Gasteiger partial charge on any atom is -0.494 e. The van der Waals surface area contributed by atoms with Gasteiger partial charge in [0, 0.05) is 0 Å². The molecule has 0 radical (unpaired) electrons. The molecule has 0 bridgehead atoms. The monoisotopic (exact) mass is 381 g/mol. The number of nitrogens with two attached hydrogens (primary N) is 1. The summed E-state index contributed by atoms with van der Waals surface area (Å²) in [6, 6.07) is 12.4. The van der Waals surface area contributed by atoms with Crippen LogP contribution in [0, 0.1) is 0 Å². The van der Waals surface area contributed by atoms with Crippen LogP contribution >= 0.6 is 0 Å². The van der Waals surface area contributed by atoms with Gasteiger partial charge in [-0.25, -0.2) is 16.8 Å². The van der Waals surface area contributed by atoms with Crippen molar-refractivity contribution in [1.82, 2.24) is 0 Å². The molecule has 25 heavy (non-hydrogen) atoms. The molecule has 1 atom stereocenters. The lowest BCUT2D eigenvalue weighted by molar-refractivity contribution is 0.312. The zero-order valence-corrected chi connectivity index (χ0v) is 15.1. The van der Waals surface area contributed by atoms with Gasteiger partial charge in [-0.2, -0.15) is 0 Å². The standard InChI is InChI=1S/C17H19NO5S2/c18-9-4-10-23-13-7-8-15-16(11-13)24(19,20)12-17(15)25(21,22)14-5-2-1-3-6-14/h1-3,5-8,11,17H,4,9-10,12,18H2. The molecule has 8 heteroatoms. The summed E-state index contributed by atoms with van der Waals surface area (Å²) in [4.78, 5) is 0.147. The van der Waals surface area contributed by atoms with Crippen molar-refractivity contribution in [2.24, 2.45) is 5.73 Å². The minimum atomic E-state index is -3.79. The van der Waals surface area contributed by atoms with Crippen LogP contribution in [0.2, 0.25) is 0 Å². The molecule has 0 spiro atoms.